The van der Waals surface area contributed by atoms with E-state index >= 15 is 0 Å². The first-order valence-electron chi connectivity index (χ1n) is 7.21. The zero-order valence-corrected chi connectivity index (χ0v) is 14.4. The molecule has 0 aliphatic rings. The molecule has 3 amide bonds. The van der Waals surface area contributed by atoms with E-state index in [1.807, 2.05) is 13.8 Å². The van der Waals surface area contributed by atoms with Gasteiger partial charge in [0.25, 0.3) is 0 Å². The van der Waals surface area contributed by atoms with Gasteiger partial charge in [0.2, 0.25) is 5.91 Å². The first-order chi connectivity index (χ1) is 10.5. The molecule has 1 rings (SSSR count). The Morgan fingerprint density at radius 1 is 1.23 bits per heavy atom. The van der Waals surface area contributed by atoms with E-state index in [0.717, 1.165) is 0 Å². The Morgan fingerprint density at radius 3 is 2.50 bits per heavy atom. The van der Waals surface area contributed by atoms with Crippen LogP contribution >= 0.6 is 15.9 Å². The Kier molecular flexibility index (Phi) is 7.87. The highest BCUT2D eigenvalue weighted by atomic mass is 79.9. The number of carbonyl (C=O) groups excluding carboxylic acids is 2. The van der Waals surface area contributed by atoms with Gasteiger partial charge in [-0.05, 0) is 47.5 Å². The largest absolute Gasteiger partial charge is 0.343 e. The van der Waals surface area contributed by atoms with E-state index in [4.69, 9.17) is 0 Å². The Hall–Kier alpha value is -1.63. The Morgan fingerprint density at radius 2 is 1.91 bits per heavy atom. The maximum absolute atomic E-state index is 13.3. The summed E-state index contributed by atoms with van der Waals surface area (Å²) < 4.78 is 13.7. The molecular weight excluding hydrogens is 353 g/mol. The molecular formula is C15H21BrFN3O2. The van der Waals surface area contributed by atoms with Crippen LogP contribution in [0, 0.1) is 5.82 Å². The number of amides is 3. The quantitative estimate of drug-likeness (QED) is 0.771. The highest BCUT2D eigenvalue weighted by molar-refractivity contribution is 9.10. The number of nitrogens with one attached hydrogen (secondary N) is 2. The lowest BCUT2D eigenvalue weighted by atomic mass is 10.2. The van der Waals surface area contributed by atoms with E-state index in [2.05, 4.69) is 26.6 Å². The smallest absolute Gasteiger partial charge is 0.315 e. The third-order valence-electron chi connectivity index (χ3n) is 3.18. The SMILES string of the molecule is CCN(CC)C(=O)CCNC(=O)NCc1ccc(Br)c(F)c1. The topological polar surface area (TPSA) is 61.4 Å². The van der Waals surface area contributed by atoms with Gasteiger partial charge >= 0.3 is 6.03 Å². The van der Waals surface area contributed by atoms with Gasteiger partial charge in [0.05, 0.1) is 4.47 Å². The number of carbonyl (C=O) groups is 2. The van der Waals surface area contributed by atoms with E-state index in [1.165, 1.54) is 6.07 Å². The van der Waals surface area contributed by atoms with Crippen molar-refractivity contribution >= 4 is 27.9 Å². The molecule has 22 heavy (non-hydrogen) atoms. The third kappa shape index (κ3) is 6.01. The summed E-state index contributed by atoms with van der Waals surface area (Å²) >= 11 is 3.07. The molecule has 0 bridgehead atoms. The van der Waals surface area contributed by atoms with Crippen molar-refractivity contribution in [1.29, 1.82) is 0 Å². The molecule has 5 nitrogen and oxygen atoms in total. The van der Waals surface area contributed by atoms with E-state index < -0.39 is 0 Å². The lowest BCUT2D eigenvalue weighted by Gasteiger charge is -2.18. The molecule has 122 valence electrons. The molecule has 0 atom stereocenters. The molecule has 0 heterocycles. The molecule has 7 heteroatoms. The maximum atomic E-state index is 13.3. The summed E-state index contributed by atoms with van der Waals surface area (Å²) in [6.07, 6.45) is 0.266. The number of hydrogen-bond donors (Lipinski definition) is 2. The van der Waals surface area contributed by atoms with Crippen molar-refractivity contribution in [3.63, 3.8) is 0 Å². The summed E-state index contributed by atoms with van der Waals surface area (Å²) in [5.74, 6) is -0.357. The fraction of sp³-hybridized carbons (Fsp3) is 0.467. The van der Waals surface area contributed by atoms with Crippen LogP contribution < -0.4 is 10.6 Å². The lowest BCUT2D eigenvalue weighted by molar-refractivity contribution is -0.130. The third-order valence-corrected chi connectivity index (χ3v) is 3.82. The van der Waals surface area contributed by atoms with Gasteiger partial charge in [0.1, 0.15) is 5.82 Å². The van der Waals surface area contributed by atoms with Crippen LogP contribution in [0.3, 0.4) is 0 Å². The molecule has 1 aromatic rings. The van der Waals surface area contributed by atoms with Crippen molar-refractivity contribution in [2.75, 3.05) is 19.6 Å². The molecule has 0 saturated heterocycles. The minimum absolute atomic E-state index is 0.0141. The Labute approximate surface area is 138 Å². The summed E-state index contributed by atoms with van der Waals surface area (Å²) in [5.41, 5.74) is 0.662. The van der Waals surface area contributed by atoms with Crippen molar-refractivity contribution in [3.05, 3.63) is 34.1 Å². The van der Waals surface area contributed by atoms with Gasteiger partial charge in [-0.1, -0.05) is 6.07 Å². The summed E-state index contributed by atoms with van der Waals surface area (Å²) in [7, 11) is 0. The van der Waals surface area contributed by atoms with Crippen molar-refractivity contribution in [2.45, 2.75) is 26.8 Å². The average molecular weight is 374 g/mol. The van der Waals surface area contributed by atoms with Crippen LogP contribution in [0.15, 0.2) is 22.7 Å². The number of benzene rings is 1. The normalized spacial score (nSPS) is 10.2. The monoisotopic (exact) mass is 373 g/mol. The maximum Gasteiger partial charge on any atom is 0.315 e. The molecule has 0 aliphatic heterocycles. The molecule has 0 saturated carbocycles. The van der Waals surface area contributed by atoms with Gasteiger partial charge in [-0.2, -0.15) is 0 Å². The van der Waals surface area contributed by atoms with E-state index in [1.54, 1.807) is 17.0 Å². The predicted molar refractivity (Wildman–Crippen MR) is 86.9 cm³/mol. The van der Waals surface area contributed by atoms with Crippen molar-refractivity contribution < 1.29 is 14.0 Å². The number of hydrogen-bond acceptors (Lipinski definition) is 2. The number of nitrogens with zero attached hydrogens (tertiary/aromatic N) is 1. The van der Waals surface area contributed by atoms with Gasteiger partial charge in [0, 0.05) is 32.6 Å². The first-order valence-corrected chi connectivity index (χ1v) is 8.00. The zero-order chi connectivity index (χ0) is 16.5. The average Bonchev–Trinajstić information content (AvgIpc) is 2.49. The van der Waals surface area contributed by atoms with E-state index in [0.29, 0.717) is 23.1 Å². The molecule has 1 aromatic carbocycles. The highest BCUT2D eigenvalue weighted by Crippen LogP contribution is 2.16. The van der Waals surface area contributed by atoms with Crippen molar-refractivity contribution in [1.82, 2.24) is 15.5 Å². The second-order valence-corrected chi connectivity index (χ2v) is 5.53. The lowest BCUT2D eigenvalue weighted by Crippen LogP contribution is -2.38. The van der Waals surface area contributed by atoms with Gasteiger partial charge in [0.15, 0.2) is 0 Å². The van der Waals surface area contributed by atoms with E-state index in [9.17, 15) is 14.0 Å². The van der Waals surface area contributed by atoms with E-state index in [-0.39, 0.29) is 37.3 Å². The molecule has 0 fully saturated rings. The van der Waals surface area contributed by atoms with Gasteiger partial charge in [-0.15, -0.1) is 0 Å². The summed E-state index contributed by atoms with van der Waals surface area (Å²) in [6.45, 7) is 5.65. The van der Waals surface area contributed by atoms with Crippen LogP contribution in [-0.2, 0) is 11.3 Å². The predicted octanol–water partition coefficient (Wildman–Crippen LogP) is 2.65. The van der Waals surface area contributed by atoms with Crippen LogP contribution in [-0.4, -0.2) is 36.5 Å². The van der Waals surface area contributed by atoms with Crippen LogP contribution in [0.1, 0.15) is 25.8 Å². The zero-order valence-electron chi connectivity index (χ0n) is 12.8. The molecule has 0 radical (unpaired) electrons. The van der Waals surface area contributed by atoms with Gasteiger partial charge < -0.3 is 15.5 Å². The summed E-state index contributed by atoms with van der Waals surface area (Å²) in [4.78, 5) is 25.1. The fourth-order valence-corrected chi connectivity index (χ4v) is 2.16. The van der Waals surface area contributed by atoms with Crippen LogP contribution in [0.2, 0.25) is 0 Å². The minimum Gasteiger partial charge on any atom is -0.343 e. The number of rotatable bonds is 7. The second-order valence-electron chi connectivity index (χ2n) is 4.67. The highest BCUT2D eigenvalue weighted by Gasteiger charge is 2.09. The Bertz CT molecular complexity index is 522. The number of halogens is 2. The van der Waals surface area contributed by atoms with Crippen molar-refractivity contribution in [3.8, 4) is 0 Å². The molecule has 2 N–H and O–H groups in total. The molecule has 0 aliphatic carbocycles. The van der Waals surface area contributed by atoms with Crippen molar-refractivity contribution in [2.24, 2.45) is 0 Å². The van der Waals surface area contributed by atoms with Gasteiger partial charge in [-0.25, -0.2) is 9.18 Å². The first kappa shape index (κ1) is 18.4. The fourth-order valence-electron chi connectivity index (χ4n) is 1.91. The summed E-state index contributed by atoms with van der Waals surface area (Å²) in [5, 5.41) is 5.23. The molecule has 0 spiro atoms. The van der Waals surface area contributed by atoms with Gasteiger partial charge in [-0.3, -0.25) is 4.79 Å². The Balaban J connectivity index is 2.29. The summed E-state index contributed by atoms with van der Waals surface area (Å²) in [6, 6.07) is 4.29. The second kappa shape index (κ2) is 9.40. The van der Waals surface area contributed by atoms with Crippen LogP contribution in [0.25, 0.3) is 0 Å². The number of urea groups is 1. The molecule has 0 unspecified atom stereocenters. The minimum atomic E-state index is -0.379. The van der Waals surface area contributed by atoms with Crippen LogP contribution in [0.4, 0.5) is 9.18 Å². The standard InChI is InChI=1S/C15H21BrFN3O2/c1-3-20(4-2)14(21)7-8-18-15(22)19-10-11-5-6-12(16)13(17)9-11/h5-6,9H,3-4,7-8,10H2,1-2H3,(H2,18,19,22). The molecule has 0 aromatic heterocycles. The van der Waals surface area contributed by atoms with Crippen LogP contribution in [0.5, 0.6) is 0 Å².